The van der Waals surface area contributed by atoms with Gasteiger partial charge in [0.05, 0.1) is 18.9 Å². The molecule has 0 radical (unpaired) electrons. The number of aryl methyl sites for hydroxylation is 2. The Morgan fingerprint density at radius 1 is 0.943 bits per heavy atom. The van der Waals surface area contributed by atoms with Gasteiger partial charge in [0.2, 0.25) is 0 Å². The van der Waals surface area contributed by atoms with Crippen LogP contribution in [0.25, 0.3) is 0 Å². The van der Waals surface area contributed by atoms with E-state index in [1.165, 1.54) is 31.2 Å². The summed E-state index contributed by atoms with van der Waals surface area (Å²) < 4.78 is 18.1. The third-order valence-corrected chi connectivity index (χ3v) is 6.67. The molecule has 0 aromatic heterocycles. The molecule has 35 heavy (non-hydrogen) atoms. The van der Waals surface area contributed by atoms with E-state index in [1.807, 2.05) is 26.0 Å². The van der Waals surface area contributed by atoms with Gasteiger partial charge < -0.3 is 19.0 Å². The molecule has 0 unspecified atom stereocenters. The number of ether oxygens (including phenoxy) is 3. The Bertz CT molecular complexity index is 949. The van der Waals surface area contributed by atoms with Gasteiger partial charge in [-0.1, -0.05) is 41.6 Å². The van der Waals surface area contributed by atoms with E-state index in [0.29, 0.717) is 25.0 Å². The molecule has 1 saturated carbocycles. The molecule has 1 aliphatic rings. The normalized spacial score (nSPS) is 18.6. The maximum atomic E-state index is 6.29. The SMILES string of the molecule is C/C=C/COc1cc(C)c(OCC2CCC(COCc3ccc(/C(C)=N\OC)cc3)CC2)c(C)c1. The minimum Gasteiger partial charge on any atom is -0.493 e. The van der Waals surface area contributed by atoms with Crippen molar-refractivity contribution in [1.29, 1.82) is 0 Å². The van der Waals surface area contributed by atoms with Crippen molar-refractivity contribution in [3.63, 3.8) is 0 Å². The van der Waals surface area contributed by atoms with Crippen molar-refractivity contribution in [3.8, 4) is 11.5 Å². The molecule has 0 heterocycles. The van der Waals surface area contributed by atoms with Crippen molar-refractivity contribution in [2.24, 2.45) is 17.0 Å². The highest BCUT2D eigenvalue weighted by molar-refractivity contribution is 5.98. The van der Waals surface area contributed by atoms with Crippen LogP contribution in [0.1, 0.15) is 61.8 Å². The van der Waals surface area contributed by atoms with Crippen LogP contribution in [0.15, 0.2) is 53.7 Å². The van der Waals surface area contributed by atoms with Crippen LogP contribution < -0.4 is 9.47 Å². The molecule has 0 atom stereocenters. The summed E-state index contributed by atoms with van der Waals surface area (Å²) in [5.41, 5.74) is 5.39. The van der Waals surface area contributed by atoms with Gasteiger partial charge in [0.15, 0.2) is 0 Å². The molecule has 0 aliphatic heterocycles. The largest absolute Gasteiger partial charge is 0.493 e. The molecule has 0 bridgehead atoms. The first-order valence-corrected chi connectivity index (χ1v) is 12.7. The van der Waals surface area contributed by atoms with Crippen LogP contribution in [0.5, 0.6) is 11.5 Å². The summed E-state index contributed by atoms with van der Waals surface area (Å²) in [5, 5.41) is 3.98. The van der Waals surface area contributed by atoms with Crippen LogP contribution in [0.3, 0.4) is 0 Å². The molecule has 0 amide bonds. The predicted molar refractivity (Wildman–Crippen MR) is 142 cm³/mol. The van der Waals surface area contributed by atoms with Crippen LogP contribution >= 0.6 is 0 Å². The van der Waals surface area contributed by atoms with Crippen molar-refractivity contribution in [3.05, 3.63) is 70.8 Å². The molecule has 0 spiro atoms. The smallest absolute Gasteiger partial charge is 0.125 e. The van der Waals surface area contributed by atoms with Crippen LogP contribution in [-0.4, -0.2) is 32.6 Å². The van der Waals surface area contributed by atoms with Gasteiger partial charge in [0.1, 0.15) is 25.2 Å². The lowest BCUT2D eigenvalue weighted by molar-refractivity contribution is 0.0618. The first kappa shape index (κ1) is 26.8. The Labute approximate surface area is 211 Å². The van der Waals surface area contributed by atoms with Gasteiger partial charge >= 0.3 is 0 Å². The number of rotatable bonds is 12. The molecular weight excluding hydrogens is 438 g/mol. The minimum atomic E-state index is 0.596. The fourth-order valence-electron chi connectivity index (χ4n) is 4.60. The Morgan fingerprint density at radius 3 is 2.17 bits per heavy atom. The summed E-state index contributed by atoms with van der Waals surface area (Å²) in [6, 6.07) is 12.5. The summed E-state index contributed by atoms with van der Waals surface area (Å²) >= 11 is 0. The summed E-state index contributed by atoms with van der Waals surface area (Å²) in [5.74, 6) is 3.15. The van der Waals surface area contributed by atoms with Crippen LogP contribution in [0.2, 0.25) is 0 Å². The number of nitrogens with zero attached hydrogens (tertiary/aromatic N) is 1. The molecule has 2 aromatic carbocycles. The van der Waals surface area contributed by atoms with Crippen molar-refractivity contribution < 1.29 is 19.0 Å². The molecule has 190 valence electrons. The second kappa shape index (κ2) is 13.9. The maximum Gasteiger partial charge on any atom is 0.125 e. The first-order chi connectivity index (χ1) is 17.0. The third kappa shape index (κ3) is 8.43. The first-order valence-electron chi connectivity index (χ1n) is 12.7. The van der Waals surface area contributed by atoms with E-state index in [2.05, 4.69) is 55.4 Å². The van der Waals surface area contributed by atoms with Gasteiger partial charge in [0, 0.05) is 6.61 Å². The van der Waals surface area contributed by atoms with E-state index < -0.39 is 0 Å². The lowest BCUT2D eigenvalue weighted by Crippen LogP contribution is -2.23. The highest BCUT2D eigenvalue weighted by Gasteiger charge is 2.22. The van der Waals surface area contributed by atoms with Gasteiger partial charge in [-0.15, -0.1) is 0 Å². The average Bonchev–Trinajstić information content (AvgIpc) is 2.85. The average molecular weight is 480 g/mol. The standard InChI is InChI=1S/C30H41NO4/c1-6-7-16-34-29-17-22(2)30(23(3)18-29)35-21-27-10-8-25(9-11-27)19-33-20-26-12-14-28(15-13-26)24(4)31-32-5/h6-7,12-15,17-18,25,27H,8-11,16,19-21H2,1-5H3/b7-6+,31-24-. The van der Waals surface area contributed by atoms with Crippen molar-refractivity contribution in [2.75, 3.05) is 26.9 Å². The summed E-state index contributed by atoms with van der Waals surface area (Å²) in [6.45, 7) is 11.0. The van der Waals surface area contributed by atoms with Gasteiger partial charge in [-0.05, 0) is 99.6 Å². The third-order valence-electron chi connectivity index (χ3n) is 6.67. The number of hydrogen-bond donors (Lipinski definition) is 0. The molecule has 0 N–H and O–H groups in total. The number of oxime groups is 1. The monoisotopic (exact) mass is 479 g/mol. The van der Waals surface area contributed by atoms with E-state index in [9.17, 15) is 0 Å². The Balaban J connectivity index is 1.37. The molecule has 5 nitrogen and oxygen atoms in total. The number of benzene rings is 2. The fraction of sp³-hybridized carbons (Fsp3) is 0.500. The maximum absolute atomic E-state index is 6.29. The van der Waals surface area contributed by atoms with E-state index in [-0.39, 0.29) is 0 Å². The van der Waals surface area contributed by atoms with E-state index in [0.717, 1.165) is 47.1 Å². The van der Waals surface area contributed by atoms with E-state index >= 15 is 0 Å². The summed E-state index contributed by atoms with van der Waals surface area (Å²) in [7, 11) is 1.57. The molecular formula is C30H41NO4. The zero-order valence-electron chi connectivity index (χ0n) is 22.0. The molecule has 3 rings (SSSR count). The van der Waals surface area contributed by atoms with E-state index in [1.54, 1.807) is 7.11 Å². The van der Waals surface area contributed by atoms with Gasteiger partial charge in [-0.3, -0.25) is 0 Å². The molecule has 1 aliphatic carbocycles. The van der Waals surface area contributed by atoms with Crippen molar-refractivity contribution >= 4 is 5.71 Å². The predicted octanol–water partition coefficient (Wildman–Crippen LogP) is 7.03. The zero-order valence-corrected chi connectivity index (χ0v) is 22.0. The Kier molecular flexibility index (Phi) is 10.7. The van der Waals surface area contributed by atoms with Crippen molar-refractivity contribution in [2.45, 2.75) is 60.0 Å². The van der Waals surface area contributed by atoms with Crippen LogP contribution in [0, 0.1) is 25.7 Å². The fourth-order valence-corrected chi connectivity index (χ4v) is 4.60. The second-order valence-corrected chi connectivity index (χ2v) is 9.54. The highest BCUT2D eigenvalue weighted by atomic mass is 16.6. The topological polar surface area (TPSA) is 49.3 Å². The Hall–Kier alpha value is -2.79. The van der Waals surface area contributed by atoms with Crippen LogP contribution in [-0.2, 0) is 16.2 Å². The molecule has 1 fully saturated rings. The minimum absolute atomic E-state index is 0.596. The zero-order chi connectivity index (χ0) is 25.0. The molecule has 2 aromatic rings. The Morgan fingerprint density at radius 2 is 1.57 bits per heavy atom. The highest BCUT2D eigenvalue weighted by Crippen LogP contribution is 2.32. The van der Waals surface area contributed by atoms with Gasteiger partial charge in [0.25, 0.3) is 0 Å². The lowest BCUT2D eigenvalue weighted by Gasteiger charge is -2.28. The number of allylic oxidation sites excluding steroid dienone is 1. The van der Waals surface area contributed by atoms with Gasteiger partial charge in [-0.2, -0.15) is 0 Å². The van der Waals surface area contributed by atoms with Crippen molar-refractivity contribution in [1.82, 2.24) is 0 Å². The second-order valence-electron chi connectivity index (χ2n) is 9.54. The molecule has 0 saturated heterocycles. The summed E-state index contributed by atoms with van der Waals surface area (Å²) in [6.07, 6.45) is 8.81. The van der Waals surface area contributed by atoms with Gasteiger partial charge in [-0.25, -0.2) is 0 Å². The van der Waals surface area contributed by atoms with E-state index in [4.69, 9.17) is 19.0 Å². The number of hydrogen-bond acceptors (Lipinski definition) is 5. The molecule has 5 heteroatoms. The van der Waals surface area contributed by atoms with Crippen LogP contribution in [0.4, 0.5) is 0 Å². The lowest BCUT2D eigenvalue weighted by atomic mass is 9.83. The summed E-state index contributed by atoms with van der Waals surface area (Å²) in [4.78, 5) is 4.84. The quantitative estimate of drug-likeness (QED) is 0.186.